The SMILES string of the molecule is Cc1ccc2c(Cl)c(C(=O)N/N=C\c3cn(-c4ccccc4)nc3-c3cccs3)sc2c1. The van der Waals surface area contributed by atoms with Gasteiger partial charge >= 0.3 is 0 Å². The van der Waals surface area contributed by atoms with E-state index in [1.807, 2.05) is 83.8 Å². The van der Waals surface area contributed by atoms with E-state index in [1.165, 1.54) is 11.3 Å². The molecular weight excluding hydrogens is 460 g/mol. The maximum atomic E-state index is 12.7. The van der Waals surface area contributed by atoms with Gasteiger partial charge in [0.05, 0.1) is 21.8 Å². The first-order valence-electron chi connectivity index (χ1n) is 9.81. The summed E-state index contributed by atoms with van der Waals surface area (Å²) in [6.07, 6.45) is 3.51. The molecule has 5 rings (SSSR count). The molecule has 0 radical (unpaired) electrons. The Kier molecular flexibility index (Phi) is 5.61. The summed E-state index contributed by atoms with van der Waals surface area (Å²) in [7, 11) is 0. The second kappa shape index (κ2) is 8.70. The molecule has 2 aromatic carbocycles. The van der Waals surface area contributed by atoms with E-state index in [0.29, 0.717) is 9.90 Å². The van der Waals surface area contributed by atoms with Crippen LogP contribution in [-0.2, 0) is 0 Å². The van der Waals surface area contributed by atoms with Gasteiger partial charge in [0, 0.05) is 21.8 Å². The van der Waals surface area contributed by atoms with Gasteiger partial charge < -0.3 is 0 Å². The molecule has 8 heteroatoms. The lowest BCUT2D eigenvalue weighted by atomic mass is 10.2. The highest BCUT2D eigenvalue weighted by Gasteiger charge is 2.17. The van der Waals surface area contributed by atoms with Crippen molar-refractivity contribution < 1.29 is 4.79 Å². The summed E-state index contributed by atoms with van der Waals surface area (Å²) >= 11 is 9.41. The second-order valence-electron chi connectivity index (χ2n) is 7.13. The number of aryl methyl sites for hydroxylation is 1. The van der Waals surface area contributed by atoms with E-state index in [2.05, 4.69) is 10.5 Å². The van der Waals surface area contributed by atoms with Crippen molar-refractivity contribution in [3.63, 3.8) is 0 Å². The molecule has 3 heterocycles. The summed E-state index contributed by atoms with van der Waals surface area (Å²) in [4.78, 5) is 14.2. The Labute approximate surface area is 197 Å². The Morgan fingerprint density at radius 2 is 2.00 bits per heavy atom. The van der Waals surface area contributed by atoms with E-state index in [0.717, 1.165) is 37.5 Å². The maximum absolute atomic E-state index is 12.7. The van der Waals surface area contributed by atoms with Crippen molar-refractivity contribution in [1.29, 1.82) is 0 Å². The molecule has 0 unspecified atom stereocenters. The molecule has 0 atom stereocenters. The van der Waals surface area contributed by atoms with Crippen LogP contribution in [0.4, 0.5) is 0 Å². The Morgan fingerprint density at radius 1 is 1.16 bits per heavy atom. The number of nitrogens with zero attached hydrogens (tertiary/aromatic N) is 3. The number of hydrazone groups is 1. The topological polar surface area (TPSA) is 59.3 Å². The molecule has 0 spiro atoms. The van der Waals surface area contributed by atoms with Crippen LogP contribution in [0.25, 0.3) is 26.3 Å². The predicted octanol–water partition coefficient (Wildman–Crippen LogP) is 6.54. The van der Waals surface area contributed by atoms with Gasteiger partial charge in [-0.15, -0.1) is 22.7 Å². The van der Waals surface area contributed by atoms with E-state index < -0.39 is 0 Å². The molecule has 0 aliphatic rings. The van der Waals surface area contributed by atoms with Gasteiger partial charge in [0.25, 0.3) is 5.91 Å². The number of hydrogen-bond donors (Lipinski definition) is 1. The molecule has 1 amide bonds. The van der Waals surface area contributed by atoms with Crippen molar-refractivity contribution in [2.45, 2.75) is 6.92 Å². The zero-order chi connectivity index (χ0) is 22.1. The molecule has 0 aliphatic carbocycles. The minimum absolute atomic E-state index is 0.335. The minimum Gasteiger partial charge on any atom is -0.266 e. The summed E-state index contributed by atoms with van der Waals surface area (Å²) in [6, 6.07) is 19.8. The summed E-state index contributed by atoms with van der Waals surface area (Å²) in [5.41, 5.74) is 6.28. The Balaban J connectivity index is 1.42. The maximum Gasteiger partial charge on any atom is 0.283 e. The predicted molar refractivity (Wildman–Crippen MR) is 134 cm³/mol. The van der Waals surface area contributed by atoms with Crippen molar-refractivity contribution >= 4 is 56.5 Å². The zero-order valence-corrected chi connectivity index (χ0v) is 19.3. The number of amides is 1. The van der Waals surface area contributed by atoms with Gasteiger partial charge in [0.1, 0.15) is 10.6 Å². The molecule has 0 fully saturated rings. The van der Waals surface area contributed by atoms with Gasteiger partial charge in [-0.25, -0.2) is 10.1 Å². The van der Waals surface area contributed by atoms with Gasteiger partial charge in [-0.3, -0.25) is 4.79 Å². The molecule has 0 aliphatic heterocycles. The normalized spacial score (nSPS) is 11.4. The summed E-state index contributed by atoms with van der Waals surface area (Å²) in [6.45, 7) is 2.01. The lowest BCUT2D eigenvalue weighted by Gasteiger charge is -1.98. The highest BCUT2D eigenvalue weighted by Crippen LogP contribution is 2.35. The quantitative estimate of drug-likeness (QED) is 0.231. The van der Waals surface area contributed by atoms with Crippen LogP contribution in [0.5, 0.6) is 0 Å². The van der Waals surface area contributed by atoms with Crippen LogP contribution in [0.3, 0.4) is 0 Å². The lowest BCUT2D eigenvalue weighted by molar-refractivity contribution is 0.0959. The summed E-state index contributed by atoms with van der Waals surface area (Å²) < 4.78 is 2.79. The Bertz CT molecular complexity index is 1440. The van der Waals surface area contributed by atoms with Gasteiger partial charge in [0.15, 0.2) is 0 Å². The first kappa shape index (κ1) is 20.6. The highest BCUT2D eigenvalue weighted by atomic mass is 35.5. The van der Waals surface area contributed by atoms with E-state index in [-0.39, 0.29) is 5.91 Å². The fourth-order valence-electron chi connectivity index (χ4n) is 3.33. The third-order valence-corrected chi connectivity index (χ3v) is 7.41. The number of benzene rings is 2. The van der Waals surface area contributed by atoms with Gasteiger partial charge in [-0.1, -0.05) is 48.0 Å². The molecule has 1 N–H and O–H groups in total. The summed E-state index contributed by atoms with van der Waals surface area (Å²) in [5.74, 6) is -0.335. The van der Waals surface area contributed by atoms with Crippen molar-refractivity contribution in [3.05, 3.63) is 93.3 Å². The molecule has 5 aromatic rings. The summed E-state index contributed by atoms with van der Waals surface area (Å²) in [5, 5.41) is 12.3. The molecule has 0 bridgehead atoms. The average molecular weight is 477 g/mol. The number of hydrogen-bond acceptors (Lipinski definition) is 5. The number of aromatic nitrogens is 2. The molecule has 0 saturated heterocycles. The van der Waals surface area contributed by atoms with E-state index in [9.17, 15) is 4.79 Å². The number of para-hydroxylation sites is 1. The first-order valence-corrected chi connectivity index (χ1v) is 11.9. The first-order chi connectivity index (χ1) is 15.6. The number of halogens is 1. The van der Waals surface area contributed by atoms with Crippen LogP contribution in [0, 0.1) is 6.92 Å². The fourth-order valence-corrected chi connectivity index (χ4v) is 5.57. The molecule has 3 aromatic heterocycles. The molecule has 5 nitrogen and oxygen atoms in total. The van der Waals surface area contributed by atoms with Gasteiger partial charge in [0.2, 0.25) is 0 Å². The Hall–Kier alpha value is -3.26. The number of rotatable bonds is 5. The van der Waals surface area contributed by atoms with Crippen molar-refractivity contribution in [2.24, 2.45) is 5.10 Å². The molecule has 0 saturated carbocycles. The van der Waals surface area contributed by atoms with Crippen molar-refractivity contribution in [2.75, 3.05) is 0 Å². The number of carbonyl (C=O) groups excluding carboxylic acids is 1. The number of nitrogens with one attached hydrogen (secondary N) is 1. The number of carbonyl (C=O) groups is 1. The lowest BCUT2D eigenvalue weighted by Crippen LogP contribution is -2.16. The van der Waals surface area contributed by atoms with E-state index >= 15 is 0 Å². The smallest absolute Gasteiger partial charge is 0.266 e. The third kappa shape index (κ3) is 3.98. The number of thiophene rings is 2. The third-order valence-electron chi connectivity index (χ3n) is 4.88. The highest BCUT2D eigenvalue weighted by molar-refractivity contribution is 7.21. The molecule has 32 heavy (non-hydrogen) atoms. The van der Waals surface area contributed by atoms with Gasteiger partial charge in [-0.2, -0.15) is 10.2 Å². The van der Waals surface area contributed by atoms with Crippen LogP contribution in [-0.4, -0.2) is 21.9 Å². The monoisotopic (exact) mass is 476 g/mol. The molecule has 158 valence electrons. The van der Waals surface area contributed by atoms with Crippen LogP contribution in [0.1, 0.15) is 20.8 Å². The minimum atomic E-state index is -0.335. The van der Waals surface area contributed by atoms with Crippen LogP contribution >= 0.6 is 34.3 Å². The fraction of sp³-hybridized carbons (Fsp3) is 0.0417. The molecular formula is C24H17ClN4OS2. The van der Waals surface area contributed by atoms with E-state index in [1.54, 1.807) is 17.6 Å². The van der Waals surface area contributed by atoms with Crippen LogP contribution < -0.4 is 5.43 Å². The Morgan fingerprint density at radius 3 is 2.78 bits per heavy atom. The van der Waals surface area contributed by atoms with Gasteiger partial charge in [-0.05, 0) is 42.1 Å². The number of fused-ring (bicyclic) bond motifs is 1. The van der Waals surface area contributed by atoms with Crippen LogP contribution in [0.2, 0.25) is 5.02 Å². The van der Waals surface area contributed by atoms with Crippen LogP contribution in [0.15, 0.2) is 77.3 Å². The largest absolute Gasteiger partial charge is 0.283 e. The second-order valence-corrected chi connectivity index (χ2v) is 9.51. The van der Waals surface area contributed by atoms with E-state index in [4.69, 9.17) is 16.7 Å². The zero-order valence-electron chi connectivity index (χ0n) is 16.9. The van der Waals surface area contributed by atoms with Crippen molar-refractivity contribution in [3.8, 4) is 16.3 Å². The van der Waals surface area contributed by atoms with Crippen molar-refractivity contribution in [1.82, 2.24) is 15.2 Å². The average Bonchev–Trinajstić information content (AvgIpc) is 3.53. The standard InChI is InChI=1S/C24H17ClN4OS2/c1-15-9-10-18-20(12-15)32-23(21(18)25)24(30)27-26-13-16-14-29(17-6-3-2-4-7-17)28-22(16)19-8-5-11-31-19/h2-14H,1H3,(H,27,30)/b26-13-.